The lowest BCUT2D eigenvalue weighted by molar-refractivity contribution is 0.498. The molecule has 0 N–H and O–H groups in total. The molecule has 0 saturated heterocycles. The van der Waals surface area contributed by atoms with Gasteiger partial charge in [0.25, 0.3) is 0 Å². The van der Waals surface area contributed by atoms with Crippen LogP contribution < -0.4 is 0 Å². The van der Waals surface area contributed by atoms with Gasteiger partial charge in [0.2, 0.25) is 0 Å². The molecule has 0 aliphatic rings. The largest absolute Gasteiger partial charge is 0.469 e. The van der Waals surface area contributed by atoms with Crippen molar-refractivity contribution in [1.82, 2.24) is 0 Å². The van der Waals surface area contributed by atoms with Gasteiger partial charge in [-0.1, -0.05) is 28.7 Å². The molecule has 2 heteroatoms. The van der Waals surface area contributed by atoms with Crippen LogP contribution in [0.4, 0.5) is 0 Å². The maximum Gasteiger partial charge on any atom is 0.103 e. The van der Waals surface area contributed by atoms with Crippen molar-refractivity contribution >= 4 is 22.6 Å². The van der Waals surface area contributed by atoms with Gasteiger partial charge in [-0.15, -0.1) is 0 Å². The van der Waals surface area contributed by atoms with Crippen LogP contribution in [-0.4, -0.2) is 0 Å². The van der Waals surface area contributed by atoms with E-state index in [-0.39, 0.29) is 0 Å². The third-order valence-corrected chi connectivity index (χ3v) is 2.22. The summed E-state index contributed by atoms with van der Waals surface area (Å²) in [4.78, 5) is 0. The zero-order valence-corrected chi connectivity index (χ0v) is 9.16. The Kier molecular flexibility index (Phi) is 5.15. The van der Waals surface area contributed by atoms with Gasteiger partial charge in [0.15, 0.2) is 0 Å². The molecule has 0 aliphatic carbocycles. The smallest absolute Gasteiger partial charge is 0.103 e. The first-order valence-electron chi connectivity index (χ1n) is 4.21. The maximum absolute atomic E-state index is 5.22. The molecule has 12 heavy (non-hydrogen) atoms. The Labute approximate surface area is 87.0 Å². The average molecular weight is 276 g/mol. The Morgan fingerprint density at radius 3 is 3.00 bits per heavy atom. The summed E-state index contributed by atoms with van der Waals surface area (Å²) < 4.78 is 7.29. The van der Waals surface area contributed by atoms with Crippen molar-refractivity contribution in [3.05, 3.63) is 34.3 Å². The van der Waals surface area contributed by atoms with E-state index in [9.17, 15) is 0 Å². The Balaban J connectivity index is 2.03. The van der Waals surface area contributed by atoms with E-state index in [1.807, 2.05) is 12.1 Å². The highest BCUT2D eigenvalue weighted by Crippen LogP contribution is 2.07. The van der Waals surface area contributed by atoms with Crippen LogP contribution >= 0.6 is 22.6 Å². The van der Waals surface area contributed by atoms with Crippen molar-refractivity contribution in [2.45, 2.75) is 25.7 Å². The topological polar surface area (TPSA) is 13.1 Å². The van der Waals surface area contributed by atoms with Crippen molar-refractivity contribution in [3.8, 4) is 0 Å². The fourth-order valence-corrected chi connectivity index (χ4v) is 1.44. The lowest BCUT2D eigenvalue weighted by atomic mass is 10.1. The van der Waals surface area contributed by atoms with Gasteiger partial charge in [0, 0.05) is 6.42 Å². The molecule has 0 saturated carbocycles. The summed E-state index contributed by atoms with van der Waals surface area (Å²) in [6, 6.07) is 3.98. The van der Waals surface area contributed by atoms with Crippen molar-refractivity contribution in [2.24, 2.45) is 0 Å². The van der Waals surface area contributed by atoms with Crippen LogP contribution in [0.15, 0.2) is 33.0 Å². The second-order valence-corrected chi connectivity index (χ2v) is 3.41. The summed E-state index contributed by atoms with van der Waals surface area (Å²) >= 11 is 2.25. The minimum absolute atomic E-state index is 1.07. The second-order valence-electron chi connectivity index (χ2n) is 2.69. The van der Waals surface area contributed by atoms with E-state index in [0.29, 0.717) is 0 Å². The van der Waals surface area contributed by atoms with Crippen molar-refractivity contribution in [3.63, 3.8) is 0 Å². The average Bonchev–Trinajstić information content (AvgIpc) is 2.57. The lowest BCUT2D eigenvalue weighted by Crippen LogP contribution is -1.80. The third-order valence-electron chi connectivity index (χ3n) is 1.71. The molecule has 0 aliphatic heterocycles. The van der Waals surface area contributed by atoms with E-state index in [0.717, 1.165) is 12.2 Å². The van der Waals surface area contributed by atoms with Gasteiger partial charge in [0.05, 0.1) is 6.26 Å². The molecule has 0 atom stereocenters. The molecule has 0 amide bonds. The molecule has 0 unspecified atom stereocenters. The summed E-state index contributed by atoms with van der Waals surface area (Å²) in [5.41, 5.74) is 0. The molecule has 0 aromatic carbocycles. The first-order chi connectivity index (χ1) is 5.93. The molecule has 1 aromatic rings. The molecule has 1 rings (SSSR count). The Bertz CT molecular complexity index is 214. The third kappa shape index (κ3) is 3.95. The van der Waals surface area contributed by atoms with Crippen LogP contribution in [0.5, 0.6) is 0 Å². The minimum Gasteiger partial charge on any atom is -0.469 e. The summed E-state index contributed by atoms with van der Waals surface area (Å²) in [5.74, 6) is 1.11. The fourth-order valence-electron chi connectivity index (χ4n) is 1.08. The van der Waals surface area contributed by atoms with Crippen LogP contribution in [0.2, 0.25) is 0 Å². The van der Waals surface area contributed by atoms with E-state index in [1.54, 1.807) is 6.26 Å². The monoisotopic (exact) mass is 276 g/mol. The molecule has 0 spiro atoms. The highest BCUT2D eigenvalue weighted by molar-refractivity contribution is 14.1. The normalized spacial score (nSPS) is 11.1. The van der Waals surface area contributed by atoms with Crippen molar-refractivity contribution in [2.75, 3.05) is 0 Å². The minimum atomic E-state index is 1.07. The van der Waals surface area contributed by atoms with Gasteiger partial charge in [-0.25, -0.2) is 0 Å². The highest BCUT2D eigenvalue weighted by Gasteiger charge is 1.93. The molecular weight excluding hydrogens is 263 g/mol. The molecule has 0 fully saturated rings. The molecule has 1 nitrogen and oxygen atoms in total. The van der Waals surface area contributed by atoms with Gasteiger partial charge < -0.3 is 4.42 Å². The SMILES string of the molecule is I/C=C\CCCCc1ccco1. The number of unbranched alkanes of at least 4 members (excludes halogenated alkanes) is 2. The van der Waals surface area contributed by atoms with Crippen LogP contribution in [0.3, 0.4) is 0 Å². The molecule has 0 radical (unpaired) electrons. The van der Waals surface area contributed by atoms with Crippen LogP contribution in [-0.2, 0) is 6.42 Å². The number of halogens is 1. The maximum atomic E-state index is 5.22. The second kappa shape index (κ2) is 6.29. The lowest BCUT2D eigenvalue weighted by Gasteiger charge is -1.94. The van der Waals surface area contributed by atoms with E-state index in [1.165, 1.54) is 19.3 Å². The van der Waals surface area contributed by atoms with Crippen molar-refractivity contribution < 1.29 is 4.42 Å². The molecule has 66 valence electrons. The molecule has 1 heterocycles. The predicted octanol–water partition coefficient (Wildman–Crippen LogP) is 3.94. The number of rotatable bonds is 5. The first kappa shape index (κ1) is 9.84. The van der Waals surface area contributed by atoms with Crippen LogP contribution in [0.25, 0.3) is 0 Å². The quantitative estimate of drug-likeness (QED) is 0.586. The zero-order valence-electron chi connectivity index (χ0n) is 7.00. The summed E-state index contributed by atoms with van der Waals surface area (Å²) in [6.45, 7) is 0. The van der Waals surface area contributed by atoms with Gasteiger partial charge in [-0.3, -0.25) is 0 Å². The number of hydrogen-bond donors (Lipinski definition) is 0. The number of aryl methyl sites for hydroxylation is 1. The predicted molar refractivity (Wildman–Crippen MR) is 59.4 cm³/mol. The zero-order chi connectivity index (χ0) is 8.65. The fraction of sp³-hybridized carbons (Fsp3) is 0.400. The van der Waals surface area contributed by atoms with Crippen molar-refractivity contribution in [1.29, 1.82) is 0 Å². The number of allylic oxidation sites excluding steroid dienone is 1. The van der Waals surface area contributed by atoms with Gasteiger partial charge in [-0.2, -0.15) is 0 Å². The summed E-state index contributed by atoms with van der Waals surface area (Å²) in [5, 5.41) is 0. The number of hydrogen-bond acceptors (Lipinski definition) is 1. The Morgan fingerprint density at radius 2 is 2.33 bits per heavy atom. The molecule has 0 bridgehead atoms. The van der Waals surface area contributed by atoms with E-state index in [4.69, 9.17) is 4.42 Å². The molecular formula is C10H13IO. The van der Waals surface area contributed by atoms with E-state index >= 15 is 0 Å². The van der Waals surface area contributed by atoms with Crippen LogP contribution in [0.1, 0.15) is 25.0 Å². The Hall–Kier alpha value is -0.250. The Morgan fingerprint density at radius 1 is 1.42 bits per heavy atom. The highest BCUT2D eigenvalue weighted by atomic mass is 127. The first-order valence-corrected chi connectivity index (χ1v) is 5.45. The van der Waals surface area contributed by atoms with Gasteiger partial charge in [-0.05, 0) is 35.5 Å². The standard InChI is InChI=1S/C10H13IO/c11-8-4-2-1-3-6-10-7-5-9-12-10/h4-5,7-9H,1-3,6H2/b8-4-. The van der Waals surface area contributed by atoms with Gasteiger partial charge >= 0.3 is 0 Å². The number of furan rings is 1. The van der Waals surface area contributed by atoms with E-state index in [2.05, 4.69) is 32.7 Å². The summed E-state index contributed by atoms with van der Waals surface area (Å²) in [6.07, 6.45) is 8.66. The molecule has 1 aromatic heterocycles. The summed E-state index contributed by atoms with van der Waals surface area (Å²) in [7, 11) is 0. The van der Waals surface area contributed by atoms with Crippen LogP contribution in [0, 0.1) is 0 Å². The van der Waals surface area contributed by atoms with Gasteiger partial charge in [0.1, 0.15) is 5.76 Å². The van der Waals surface area contributed by atoms with E-state index < -0.39 is 0 Å².